The van der Waals surface area contributed by atoms with Crippen LogP contribution in [-0.2, 0) is 10.0 Å². The van der Waals surface area contributed by atoms with Crippen molar-refractivity contribution in [2.45, 2.75) is 81.9 Å². The Hall–Kier alpha value is -3.71. The second-order valence-electron chi connectivity index (χ2n) is 12.9. The predicted octanol–water partition coefficient (Wildman–Crippen LogP) is 6.27. The van der Waals surface area contributed by atoms with Crippen molar-refractivity contribution in [1.82, 2.24) is 15.3 Å². The average Bonchev–Trinajstić information content (AvgIpc) is 3.87. The largest absolute Gasteiger partial charge is 0.478 e. The highest BCUT2D eigenvalue weighted by atomic mass is 32.2. The number of sulfonamides is 1. The van der Waals surface area contributed by atoms with E-state index in [2.05, 4.69) is 20.0 Å². The maximum atomic E-state index is 13.9. The fourth-order valence-electron chi connectivity index (χ4n) is 6.47. The molecule has 240 valence electrons. The van der Waals surface area contributed by atoms with Gasteiger partial charge in [-0.25, -0.2) is 22.9 Å². The summed E-state index contributed by atoms with van der Waals surface area (Å²) in [6.07, 6.45) is -0.0266. The molecule has 3 aliphatic rings. The first-order valence-electron chi connectivity index (χ1n) is 15.0. The van der Waals surface area contributed by atoms with Gasteiger partial charge in [-0.3, -0.25) is 0 Å². The first-order valence-corrected chi connectivity index (χ1v) is 16.4. The molecular formula is C32H35F3N4O5S. The summed E-state index contributed by atoms with van der Waals surface area (Å²) in [6.45, 7) is 3.66. The van der Waals surface area contributed by atoms with Crippen LogP contribution in [0.15, 0.2) is 53.4 Å². The van der Waals surface area contributed by atoms with E-state index in [-0.39, 0.29) is 54.2 Å². The summed E-state index contributed by atoms with van der Waals surface area (Å²) < 4.78 is 76.7. The number of nitrogens with one attached hydrogen (secondary N) is 2. The van der Waals surface area contributed by atoms with E-state index >= 15 is 0 Å². The fraction of sp³-hybridized carbons (Fsp3) is 0.469. The number of aryl methyl sites for hydroxylation is 2. The second kappa shape index (κ2) is 11.3. The van der Waals surface area contributed by atoms with Crippen molar-refractivity contribution in [1.29, 1.82) is 0 Å². The van der Waals surface area contributed by atoms with E-state index in [0.717, 1.165) is 35.6 Å². The zero-order valence-corrected chi connectivity index (χ0v) is 25.8. The molecule has 3 aliphatic carbocycles. The topological polar surface area (TPSA) is 131 Å². The monoisotopic (exact) mass is 644 g/mol. The molecule has 1 aromatic heterocycles. The molecule has 0 amide bonds. The Balaban J connectivity index is 1.29. The summed E-state index contributed by atoms with van der Waals surface area (Å²) in [4.78, 5) is 19.9. The van der Waals surface area contributed by atoms with E-state index in [0.29, 0.717) is 11.1 Å². The number of hydrogen-bond acceptors (Lipinski definition) is 7. The number of benzene rings is 2. The number of aromatic carboxylic acids is 1. The minimum absolute atomic E-state index is 0.00410. The fourth-order valence-corrected chi connectivity index (χ4v) is 7.46. The number of carboxylic acids is 1. The smallest absolute Gasteiger partial charge is 0.394 e. The zero-order valence-electron chi connectivity index (χ0n) is 24.9. The Morgan fingerprint density at radius 3 is 2.31 bits per heavy atom. The molecule has 0 aliphatic heterocycles. The molecule has 3 fully saturated rings. The van der Waals surface area contributed by atoms with Gasteiger partial charge in [0.25, 0.3) is 10.0 Å². The third-order valence-electron chi connectivity index (χ3n) is 9.37. The van der Waals surface area contributed by atoms with Crippen LogP contribution in [0, 0.1) is 24.7 Å². The van der Waals surface area contributed by atoms with Crippen LogP contribution < -0.4 is 14.8 Å². The molecule has 0 bridgehead atoms. The Morgan fingerprint density at radius 1 is 1.04 bits per heavy atom. The van der Waals surface area contributed by atoms with Gasteiger partial charge < -0.3 is 15.2 Å². The van der Waals surface area contributed by atoms with Crippen LogP contribution in [0.3, 0.4) is 0 Å². The highest BCUT2D eigenvalue weighted by Gasteiger charge is 2.63. The van der Waals surface area contributed by atoms with Crippen LogP contribution in [0.4, 0.5) is 19.1 Å². The molecule has 1 unspecified atom stereocenters. The SMILES string of the molecule is Cc1cccc(C)c1-c1cc(OCC(CC2(C(F)(F)F)CC2)NC2CC3(CC3)C2)nc(NS(=O)(=O)c2cccc(C(=O)O)c2)n1. The molecular weight excluding hydrogens is 609 g/mol. The molecule has 2 aromatic carbocycles. The Morgan fingerprint density at radius 2 is 1.71 bits per heavy atom. The van der Waals surface area contributed by atoms with Crippen LogP contribution in [0.5, 0.6) is 5.88 Å². The van der Waals surface area contributed by atoms with Crippen molar-refractivity contribution in [2.24, 2.45) is 10.8 Å². The first kappa shape index (κ1) is 31.3. The van der Waals surface area contributed by atoms with E-state index in [4.69, 9.17) is 4.74 Å². The van der Waals surface area contributed by atoms with Gasteiger partial charge in [0.15, 0.2) is 0 Å². The number of anilines is 1. The second-order valence-corrected chi connectivity index (χ2v) is 14.6. The molecule has 1 spiro atoms. The van der Waals surface area contributed by atoms with Crippen molar-refractivity contribution >= 4 is 21.9 Å². The standard InChI is InChI=1S/C32H35F3N4O5S/c1-19-5-3-6-20(2)27(19)25-14-26(38-29(37-25)39-45(42,43)24-8-4-7-21(13-24)28(40)41)44-18-23(17-31(11-12-31)32(33,34)35)36-22-15-30(16-22)9-10-30/h3-8,13-14,22-23,36H,9-12,15-18H2,1-2H3,(H,40,41)(H,37,38,39). The lowest BCUT2D eigenvalue weighted by molar-refractivity contribution is -0.191. The quantitative estimate of drug-likeness (QED) is 0.210. The van der Waals surface area contributed by atoms with Crippen LogP contribution in [-0.4, -0.2) is 54.3 Å². The van der Waals surface area contributed by atoms with Gasteiger partial charge in [0, 0.05) is 23.7 Å². The summed E-state index contributed by atoms with van der Waals surface area (Å²) in [5.41, 5.74) is 1.25. The van der Waals surface area contributed by atoms with Gasteiger partial charge in [-0.2, -0.15) is 18.2 Å². The Bertz CT molecular complexity index is 1710. The van der Waals surface area contributed by atoms with E-state index in [9.17, 15) is 31.5 Å². The molecule has 3 N–H and O–H groups in total. The summed E-state index contributed by atoms with van der Waals surface area (Å²) in [7, 11) is -4.32. The van der Waals surface area contributed by atoms with Crippen LogP contribution in [0.25, 0.3) is 11.3 Å². The van der Waals surface area contributed by atoms with Crippen LogP contribution >= 0.6 is 0 Å². The van der Waals surface area contributed by atoms with Crippen LogP contribution in [0.2, 0.25) is 0 Å². The van der Waals surface area contributed by atoms with Gasteiger partial charge in [-0.1, -0.05) is 24.3 Å². The van der Waals surface area contributed by atoms with E-state index in [1.54, 1.807) is 6.07 Å². The molecule has 45 heavy (non-hydrogen) atoms. The number of halogens is 3. The van der Waals surface area contributed by atoms with E-state index in [1.807, 2.05) is 32.0 Å². The predicted molar refractivity (Wildman–Crippen MR) is 161 cm³/mol. The number of alkyl halides is 3. The zero-order chi connectivity index (χ0) is 32.2. The molecule has 6 rings (SSSR count). The van der Waals surface area contributed by atoms with Crippen molar-refractivity contribution < 1.29 is 36.2 Å². The number of aromatic nitrogens is 2. The number of carbonyl (C=O) groups is 1. The number of rotatable bonds is 12. The highest BCUT2D eigenvalue weighted by molar-refractivity contribution is 7.92. The molecule has 9 nitrogen and oxygen atoms in total. The third-order valence-corrected chi connectivity index (χ3v) is 10.7. The summed E-state index contributed by atoms with van der Waals surface area (Å²) in [5.74, 6) is -1.61. The Labute approximate surface area is 259 Å². The molecule has 0 saturated heterocycles. The van der Waals surface area contributed by atoms with Gasteiger partial charge in [0.2, 0.25) is 11.8 Å². The minimum Gasteiger partial charge on any atom is -0.478 e. The number of ether oxygens (including phenoxy) is 1. The summed E-state index contributed by atoms with van der Waals surface area (Å²) in [5, 5.41) is 12.7. The summed E-state index contributed by atoms with van der Waals surface area (Å²) in [6, 6.07) is 11.6. The van der Waals surface area contributed by atoms with Gasteiger partial charge >= 0.3 is 12.1 Å². The van der Waals surface area contributed by atoms with Crippen molar-refractivity contribution in [2.75, 3.05) is 11.3 Å². The van der Waals surface area contributed by atoms with E-state index in [1.165, 1.54) is 31.0 Å². The van der Waals surface area contributed by atoms with E-state index < -0.39 is 33.6 Å². The first-order chi connectivity index (χ1) is 21.2. The van der Waals surface area contributed by atoms with Crippen LogP contribution in [0.1, 0.15) is 66.4 Å². The minimum atomic E-state index is -4.32. The van der Waals surface area contributed by atoms with Gasteiger partial charge in [-0.05, 0) is 93.5 Å². The third kappa shape index (κ3) is 6.64. The lowest BCUT2D eigenvalue weighted by atomic mass is 9.76. The van der Waals surface area contributed by atoms with Crippen molar-refractivity contribution in [3.05, 3.63) is 65.2 Å². The lowest BCUT2D eigenvalue weighted by Gasteiger charge is -2.40. The maximum Gasteiger partial charge on any atom is 0.394 e. The molecule has 1 atom stereocenters. The highest BCUT2D eigenvalue weighted by Crippen LogP contribution is 2.62. The average molecular weight is 645 g/mol. The molecule has 13 heteroatoms. The molecule has 0 radical (unpaired) electrons. The molecule has 1 heterocycles. The van der Waals surface area contributed by atoms with Crippen molar-refractivity contribution in [3.63, 3.8) is 0 Å². The van der Waals surface area contributed by atoms with Gasteiger partial charge in [0.1, 0.15) is 6.61 Å². The normalized spacial score (nSPS) is 19.0. The van der Waals surface area contributed by atoms with Gasteiger partial charge in [-0.15, -0.1) is 0 Å². The van der Waals surface area contributed by atoms with Crippen molar-refractivity contribution in [3.8, 4) is 17.1 Å². The molecule has 3 saturated carbocycles. The lowest BCUT2D eigenvalue weighted by Crippen LogP contribution is -2.50. The summed E-state index contributed by atoms with van der Waals surface area (Å²) >= 11 is 0. The number of nitrogens with zero attached hydrogens (tertiary/aromatic N) is 2. The van der Waals surface area contributed by atoms with Gasteiger partial charge in [0.05, 0.1) is 21.6 Å². The maximum absolute atomic E-state index is 13.9. The number of hydrogen-bond donors (Lipinski definition) is 3. The Kier molecular flexibility index (Phi) is 7.83. The molecule has 3 aromatic rings. The number of carboxylic acid groups (broad SMARTS) is 1.